The molecule has 0 spiro atoms. The zero-order valence-corrected chi connectivity index (χ0v) is 5.82. The van der Waals surface area contributed by atoms with E-state index in [0.29, 0.717) is 6.61 Å². The summed E-state index contributed by atoms with van der Waals surface area (Å²) in [5.74, 6) is 0.175. The van der Waals surface area contributed by atoms with E-state index in [0.717, 1.165) is 11.1 Å². The summed E-state index contributed by atoms with van der Waals surface area (Å²) in [6.45, 7) is 0.493. The number of rotatable bonds is 0. The Balaban J connectivity index is 2.56. The first-order valence-corrected chi connectivity index (χ1v) is 3.32. The highest BCUT2D eigenvalue weighted by Crippen LogP contribution is 2.20. The minimum atomic E-state index is 0.175. The molecule has 1 aliphatic heterocycles. The van der Waals surface area contributed by atoms with Gasteiger partial charge in [-0.2, -0.15) is 0 Å². The summed E-state index contributed by atoms with van der Waals surface area (Å²) in [5, 5.41) is 9.27. The van der Waals surface area contributed by atoms with Crippen LogP contribution in [0.4, 0.5) is 0 Å². The second-order valence-corrected chi connectivity index (χ2v) is 2.35. The van der Waals surface area contributed by atoms with Crippen LogP contribution in [-0.2, 0) is 11.3 Å². The molecule has 56 valence electrons. The average molecular weight is 149 g/mol. The molecule has 0 atom stereocenters. The molecule has 0 unspecified atom stereocenters. The van der Waals surface area contributed by atoms with Gasteiger partial charge in [0.25, 0.3) is 0 Å². The van der Waals surface area contributed by atoms with Crippen molar-refractivity contribution in [3.63, 3.8) is 0 Å². The Morgan fingerprint density at radius 2 is 2.45 bits per heavy atom. The molecule has 3 nitrogen and oxygen atoms in total. The number of hydrogen-bond donors (Lipinski definition) is 1. The largest absolute Gasteiger partial charge is 0.504 e. The number of aliphatic hydroxyl groups excluding tert-OH is 1. The topological polar surface area (TPSA) is 42.4 Å². The third-order valence-corrected chi connectivity index (χ3v) is 1.61. The molecule has 1 aliphatic rings. The monoisotopic (exact) mass is 149 g/mol. The van der Waals surface area contributed by atoms with E-state index in [1.165, 1.54) is 6.26 Å². The van der Waals surface area contributed by atoms with Crippen molar-refractivity contribution in [2.75, 3.05) is 0 Å². The summed E-state index contributed by atoms with van der Waals surface area (Å²) in [5.41, 5.74) is 1.73. The van der Waals surface area contributed by atoms with Crippen molar-refractivity contribution >= 4 is 5.76 Å². The van der Waals surface area contributed by atoms with Crippen molar-refractivity contribution in [2.24, 2.45) is 0 Å². The maximum Gasteiger partial charge on any atom is 0.157 e. The highest BCUT2D eigenvalue weighted by atomic mass is 16.5. The van der Waals surface area contributed by atoms with E-state index < -0.39 is 0 Å². The fourth-order valence-corrected chi connectivity index (χ4v) is 1.07. The van der Waals surface area contributed by atoms with Crippen molar-refractivity contribution in [2.45, 2.75) is 6.61 Å². The molecule has 0 amide bonds. The van der Waals surface area contributed by atoms with Gasteiger partial charge in [-0.1, -0.05) is 0 Å². The van der Waals surface area contributed by atoms with Gasteiger partial charge in [-0.25, -0.2) is 0 Å². The molecule has 2 rings (SSSR count). The van der Waals surface area contributed by atoms with Crippen LogP contribution in [0.5, 0.6) is 0 Å². The molecule has 11 heavy (non-hydrogen) atoms. The molecule has 1 N–H and O–H groups in total. The Morgan fingerprint density at radius 3 is 3.27 bits per heavy atom. The quantitative estimate of drug-likeness (QED) is 0.607. The van der Waals surface area contributed by atoms with Gasteiger partial charge in [0, 0.05) is 23.5 Å². The molecular weight excluding hydrogens is 142 g/mol. The number of nitrogens with zero attached hydrogens (tertiary/aromatic N) is 1. The fraction of sp³-hybridized carbons (Fsp3) is 0.125. The maximum atomic E-state index is 9.27. The maximum absolute atomic E-state index is 9.27. The average Bonchev–Trinajstić information content (AvgIpc) is 2.06. The Morgan fingerprint density at radius 1 is 1.55 bits per heavy atom. The number of ether oxygens (including phenoxy) is 1. The summed E-state index contributed by atoms with van der Waals surface area (Å²) >= 11 is 0. The van der Waals surface area contributed by atoms with Gasteiger partial charge in [0.15, 0.2) is 5.76 Å². The molecule has 0 radical (unpaired) electrons. The Kier molecular flexibility index (Phi) is 1.28. The van der Waals surface area contributed by atoms with Gasteiger partial charge in [0.2, 0.25) is 0 Å². The van der Waals surface area contributed by atoms with Crippen molar-refractivity contribution in [3.8, 4) is 0 Å². The van der Waals surface area contributed by atoms with Gasteiger partial charge in [-0.05, 0) is 6.07 Å². The van der Waals surface area contributed by atoms with Crippen LogP contribution < -0.4 is 0 Å². The number of pyridine rings is 1. The summed E-state index contributed by atoms with van der Waals surface area (Å²) in [7, 11) is 0. The summed E-state index contributed by atoms with van der Waals surface area (Å²) < 4.78 is 4.96. The minimum absolute atomic E-state index is 0.175. The fourth-order valence-electron chi connectivity index (χ4n) is 1.07. The van der Waals surface area contributed by atoms with Crippen LogP contribution in [0.15, 0.2) is 24.7 Å². The van der Waals surface area contributed by atoms with E-state index in [1.54, 1.807) is 18.5 Å². The molecule has 0 bridgehead atoms. The predicted octanol–water partition coefficient (Wildman–Crippen LogP) is 1.47. The van der Waals surface area contributed by atoms with E-state index in [-0.39, 0.29) is 5.76 Å². The van der Waals surface area contributed by atoms with Crippen LogP contribution in [0.2, 0.25) is 0 Å². The summed E-state index contributed by atoms with van der Waals surface area (Å²) in [6, 6.07) is 1.77. The number of aliphatic hydroxyl groups is 1. The molecule has 0 saturated heterocycles. The molecule has 3 heteroatoms. The Labute approximate surface area is 64.0 Å². The smallest absolute Gasteiger partial charge is 0.157 e. The van der Waals surface area contributed by atoms with Gasteiger partial charge in [0.1, 0.15) is 12.9 Å². The van der Waals surface area contributed by atoms with Gasteiger partial charge >= 0.3 is 0 Å². The molecule has 0 aromatic carbocycles. The molecule has 2 heterocycles. The normalized spacial score (nSPS) is 14.7. The predicted molar refractivity (Wildman–Crippen MR) is 39.6 cm³/mol. The van der Waals surface area contributed by atoms with Gasteiger partial charge in [-0.15, -0.1) is 0 Å². The molecule has 1 aromatic rings. The lowest BCUT2D eigenvalue weighted by Crippen LogP contribution is -2.01. The number of hydrogen-bond acceptors (Lipinski definition) is 3. The third-order valence-electron chi connectivity index (χ3n) is 1.61. The van der Waals surface area contributed by atoms with Crippen LogP contribution in [0.3, 0.4) is 0 Å². The third kappa shape index (κ3) is 0.941. The van der Waals surface area contributed by atoms with E-state index in [9.17, 15) is 5.11 Å². The SMILES string of the molecule is OC1=COCc2cnccc21. The van der Waals surface area contributed by atoms with Gasteiger partial charge in [0.05, 0.1) is 0 Å². The lowest BCUT2D eigenvalue weighted by atomic mass is 10.1. The van der Waals surface area contributed by atoms with Crippen LogP contribution in [0.1, 0.15) is 11.1 Å². The van der Waals surface area contributed by atoms with Gasteiger partial charge < -0.3 is 9.84 Å². The first-order valence-electron chi connectivity index (χ1n) is 3.32. The van der Waals surface area contributed by atoms with Crippen LogP contribution >= 0.6 is 0 Å². The van der Waals surface area contributed by atoms with Crippen molar-refractivity contribution in [1.82, 2.24) is 4.98 Å². The molecular formula is C8H7NO2. The van der Waals surface area contributed by atoms with E-state index in [1.807, 2.05) is 0 Å². The lowest BCUT2D eigenvalue weighted by Gasteiger charge is -2.12. The van der Waals surface area contributed by atoms with Crippen LogP contribution in [-0.4, -0.2) is 10.1 Å². The standard InChI is InChI=1S/C8H7NO2/c10-8-5-11-4-6-3-9-2-1-7(6)8/h1-3,5,10H,4H2. The summed E-state index contributed by atoms with van der Waals surface area (Å²) in [6.07, 6.45) is 4.69. The molecule has 0 aliphatic carbocycles. The first-order chi connectivity index (χ1) is 5.38. The van der Waals surface area contributed by atoms with Crippen LogP contribution in [0.25, 0.3) is 5.76 Å². The van der Waals surface area contributed by atoms with E-state index >= 15 is 0 Å². The highest BCUT2D eigenvalue weighted by molar-refractivity contribution is 5.61. The minimum Gasteiger partial charge on any atom is -0.504 e. The molecule has 0 saturated carbocycles. The van der Waals surface area contributed by atoms with E-state index in [4.69, 9.17) is 4.74 Å². The number of fused-ring (bicyclic) bond motifs is 1. The highest BCUT2D eigenvalue weighted by Gasteiger charge is 2.10. The second-order valence-electron chi connectivity index (χ2n) is 2.35. The van der Waals surface area contributed by atoms with Crippen molar-refractivity contribution in [1.29, 1.82) is 0 Å². The molecule has 1 aromatic heterocycles. The number of aromatic nitrogens is 1. The zero-order valence-electron chi connectivity index (χ0n) is 5.82. The van der Waals surface area contributed by atoms with Crippen molar-refractivity contribution < 1.29 is 9.84 Å². The second kappa shape index (κ2) is 2.27. The van der Waals surface area contributed by atoms with Crippen LogP contribution in [0, 0.1) is 0 Å². The lowest BCUT2D eigenvalue weighted by molar-refractivity contribution is 0.222. The summed E-state index contributed by atoms with van der Waals surface area (Å²) in [4.78, 5) is 3.91. The Bertz CT molecular complexity index is 307. The first kappa shape index (κ1) is 6.22. The van der Waals surface area contributed by atoms with Gasteiger partial charge in [-0.3, -0.25) is 4.98 Å². The molecule has 0 fully saturated rings. The van der Waals surface area contributed by atoms with E-state index in [2.05, 4.69) is 4.98 Å². The van der Waals surface area contributed by atoms with Crippen molar-refractivity contribution in [3.05, 3.63) is 35.8 Å². The Hall–Kier alpha value is -1.51. The zero-order chi connectivity index (χ0) is 7.68.